The molecule has 3 N–H and O–H groups in total. The molecule has 3 aliphatic rings. The molecular weight excluding hydrogens is 370 g/mol. The molecule has 0 saturated carbocycles. The molecule has 2 bridgehead atoms. The second kappa shape index (κ2) is 6.77. The number of carbonyl (C=O) groups excluding carboxylic acids is 1. The number of sulfonamides is 1. The van der Waals surface area contributed by atoms with Gasteiger partial charge in [0, 0.05) is 17.5 Å². The summed E-state index contributed by atoms with van der Waals surface area (Å²) in [6, 6.07) is 10.3. The highest BCUT2D eigenvalue weighted by molar-refractivity contribution is 7.89. The molecule has 138 valence electrons. The van der Waals surface area contributed by atoms with E-state index in [0.29, 0.717) is 10.8 Å². The summed E-state index contributed by atoms with van der Waals surface area (Å²) in [4.78, 5) is 16.6. The number of hydrogen-bond acceptors (Lipinski definition) is 5. The van der Waals surface area contributed by atoms with Crippen LogP contribution in [0.15, 0.2) is 41.3 Å². The van der Waals surface area contributed by atoms with Crippen molar-refractivity contribution in [3.8, 4) is 10.4 Å². The number of fused-ring (bicyclic) bond motifs is 3. The molecule has 4 heterocycles. The zero-order valence-electron chi connectivity index (χ0n) is 14.2. The summed E-state index contributed by atoms with van der Waals surface area (Å²) in [5, 5.41) is 8.38. The standard InChI is InChI=1S/C18H21N3O3S2/c19-26(23,24)14-3-1-2-13(10-14)16-4-5-17(25-16)18(22)20-15-11-21-8-6-12(15)7-9-21/h1-5,10,12,15H,6-9,11H2,(H,20,22)(H2,19,23,24)/t15-/m0/s1. The van der Waals surface area contributed by atoms with Gasteiger partial charge in [-0.25, -0.2) is 13.6 Å². The van der Waals surface area contributed by atoms with Crippen molar-refractivity contribution < 1.29 is 13.2 Å². The summed E-state index contributed by atoms with van der Waals surface area (Å²) in [5.41, 5.74) is 0.739. The monoisotopic (exact) mass is 391 g/mol. The molecule has 2 aromatic rings. The first kappa shape index (κ1) is 17.7. The molecule has 1 amide bonds. The zero-order valence-corrected chi connectivity index (χ0v) is 15.9. The van der Waals surface area contributed by atoms with Gasteiger partial charge in [-0.2, -0.15) is 0 Å². The third kappa shape index (κ3) is 3.55. The molecule has 0 unspecified atom stereocenters. The van der Waals surface area contributed by atoms with Gasteiger partial charge >= 0.3 is 0 Å². The van der Waals surface area contributed by atoms with E-state index in [1.165, 1.54) is 23.5 Å². The first-order chi connectivity index (χ1) is 12.4. The van der Waals surface area contributed by atoms with Gasteiger partial charge in [0.25, 0.3) is 5.91 Å². The molecule has 1 aromatic heterocycles. The summed E-state index contributed by atoms with van der Waals surface area (Å²) in [5.74, 6) is 0.525. The van der Waals surface area contributed by atoms with E-state index >= 15 is 0 Å². The molecule has 1 aromatic carbocycles. The fraction of sp³-hybridized carbons (Fsp3) is 0.389. The van der Waals surface area contributed by atoms with E-state index in [1.807, 2.05) is 12.1 Å². The largest absolute Gasteiger partial charge is 0.347 e. The molecule has 5 rings (SSSR count). The van der Waals surface area contributed by atoms with Gasteiger partial charge in [0.05, 0.1) is 9.77 Å². The molecule has 6 nitrogen and oxygen atoms in total. The van der Waals surface area contributed by atoms with Gasteiger partial charge in [-0.15, -0.1) is 11.3 Å². The minimum atomic E-state index is -3.75. The number of rotatable bonds is 4. The summed E-state index contributed by atoms with van der Waals surface area (Å²) in [6.07, 6.45) is 2.31. The Balaban J connectivity index is 1.50. The van der Waals surface area contributed by atoms with E-state index < -0.39 is 10.0 Å². The quantitative estimate of drug-likeness (QED) is 0.832. The van der Waals surface area contributed by atoms with Crippen LogP contribution in [-0.4, -0.2) is 44.9 Å². The Hall–Kier alpha value is -1.74. The highest BCUT2D eigenvalue weighted by atomic mass is 32.2. The Kier molecular flexibility index (Phi) is 4.60. The van der Waals surface area contributed by atoms with Crippen LogP contribution in [0.25, 0.3) is 10.4 Å². The fourth-order valence-electron chi connectivity index (χ4n) is 3.81. The topological polar surface area (TPSA) is 92.5 Å². The molecule has 1 atom stereocenters. The van der Waals surface area contributed by atoms with Gasteiger partial charge in [0.15, 0.2) is 0 Å². The second-order valence-electron chi connectivity index (χ2n) is 6.95. The molecule has 0 spiro atoms. The number of nitrogens with zero attached hydrogens (tertiary/aromatic N) is 1. The van der Waals surface area contributed by atoms with Crippen molar-refractivity contribution in [1.82, 2.24) is 10.2 Å². The number of benzene rings is 1. The Morgan fingerprint density at radius 3 is 2.62 bits per heavy atom. The average Bonchev–Trinajstić information content (AvgIpc) is 3.12. The molecule has 26 heavy (non-hydrogen) atoms. The van der Waals surface area contributed by atoms with Crippen LogP contribution in [0.3, 0.4) is 0 Å². The number of thiophene rings is 1. The van der Waals surface area contributed by atoms with E-state index in [1.54, 1.807) is 12.1 Å². The van der Waals surface area contributed by atoms with Crippen molar-refractivity contribution in [1.29, 1.82) is 0 Å². The lowest BCUT2D eigenvalue weighted by Crippen LogP contribution is -2.57. The summed E-state index contributed by atoms with van der Waals surface area (Å²) in [6.45, 7) is 3.21. The number of nitrogens with two attached hydrogens (primary N) is 1. The maximum atomic E-state index is 12.6. The Labute approximate surface area is 157 Å². The van der Waals surface area contributed by atoms with Crippen molar-refractivity contribution in [2.24, 2.45) is 11.1 Å². The molecule has 0 aliphatic carbocycles. The van der Waals surface area contributed by atoms with Crippen LogP contribution in [0.1, 0.15) is 22.5 Å². The highest BCUT2D eigenvalue weighted by Gasteiger charge is 2.35. The second-order valence-corrected chi connectivity index (χ2v) is 9.60. The summed E-state index contributed by atoms with van der Waals surface area (Å²) < 4.78 is 23.1. The van der Waals surface area contributed by atoms with Crippen LogP contribution < -0.4 is 10.5 Å². The van der Waals surface area contributed by atoms with Crippen LogP contribution in [0, 0.1) is 5.92 Å². The van der Waals surface area contributed by atoms with E-state index in [4.69, 9.17) is 5.14 Å². The maximum absolute atomic E-state index is 12.6. The lowest BCUT2D eigenvalue weighted by molar-refractivity contribution is 0.0622. The van der Waals surface area contributed by atoms with E-state index in [-0.39, 0.29) is 16.8 Å². The minimum Gasteiger partial charge on any atom is -0.347 e. The fourth-order valence-corrected chi connectivity index (χ4v) is 5.27. The van der Waals surface area contributed by atoms with Crippen LogP contribution in [-0.2, 0) is 10.0 Å². The number of primary sulfonamides is 1. The predicted octanol–water partition coefficient (Wildman–Crippen LogP) is 1.89. The smallest absolute Gasteiger partial charge is 0.261 e. The van der Waals surface area contributed by atoms with Crippen LogP contribution >= 0.6 is 11.3 Å². The Morgan fingerprint density at radius 1 is 1.19 bits per heavy atom. The summed E-state index contributed by atoms with van der Waals surface area (Å²) >= 11 is 1.36. The van der Waals surface area contributed by atoms with Gasteiger partial charge in [-0.3, -0.25) is 4.79 Å². The van der Waals surface area contributed by atoms with Crippen LogP contribution in [0.5, 0.6) is 0 Å². The van der Waals surface area contributed by atoms with Crippen molar-refractivity contribution in [3.63, 3.8) is 0 Å². The van der Waals surface area contributed by atoms with Crippen molar-refractivity contribution in [2.75, 3.05) is 19.6 Å². The third-order valence-corrected chi connectivity index (χ3v) is 7.29. The van der Waals surface area contributed by atoms with Crippen molar-refractivity contribution >= 4 is 27.3 Å². The molecular formula is C18H21N3O3S2. The van der Waals surface area contributed by atoms with Crippen molar-refractivity contribution in [2.45, 2.75) is 23.8 Å². The lowest BCUT2D eigenvalue weighted by Gasteiger charge is -2.44. The number of amides is 1. The van der Waals surface area contributed by atoms with Gasteiger partial charge in [0.2, 0.25) is 10.0 Å². The molecule has 8 heteroatoms. The lowest BCUT2D eigenvalue weighted by atomic mass is 9.84. The molecule has 3 fully saturated rings. The van der Waals surface area contributed by atoms with Gasteiger partial charge in [-0.05, 0) is 61.7 Å². The van der Waals surface area contributed by atoms with E-state index in [0.717, 1.165) is 42.9 Å². The predicted molar refractivity (Wildman–Crippen MR) is 102 cm³/mol. The first-order valence-electron chi connectivity index (χ1n) is 8.66. The number of hydrogen-bond donors (Lipinski definition) is 2. The van der Waals surface area contributed by atoms with Gasteiger partial charge < -0.3 is 10.2 Å². The maximum Gasteiger partial charge on any atom is 0.261 e. The number of carbonyl (C=O) groups is 1. The van der Waals surface area contributed by atoms with Gasteiger partial charge in [-0.1, -0.05) is 12.1 Å². The zero-order chi connectivity index (χ0) is 18.3. The Morgan fingerprint density at radius 2 is 1.96 bits per heavy atom. The molecule has 3 saturated heterocycles. The molecule has 3 aliphatic heterocycles. The number of nitrogens with one attached hydrogen (secondary N) is 1. The van der Waals surface area contributed by atoms with Crippen LogP contribution in [0.2, 0.25) is 0 Å². The normalized spacial score (nSPS) is 25.2. The van der Waals surface area contributed by atoms with Crippen LogP contribution in [0.4, 0.5) is 0 Å². The molecule has 0 radical (unpaired) electrons. The van der Waals surface area contributed by atoms with E-state index in [2.05, 4.69) is 10.2 Å². The average molecular weight is 392 g/mol. The third-order valence-electron chi connectivity index (χ3n) is 5.25. The Bertz CT molecular complexity index is 931. The first-order valence-corrected chi connectivity index (χ1v) is 11.0. The summed E-state index contributed by atoms with van der Waals surface area (Å²) in [7, 11) is -3.75. The minimum absolute atomic E-state index is 0.0531. The van der Waals surface area contributed by atoms with Gasteiger partial charge in [0.1, 0.15) is 0 Å². The SMILES string of the molecule is NS(=O)(=O)c1cccc(-c2ccc(C(=O)N[C@H]3CN4CCC3CC4)s2)c1. The van der Waals surface area contributed by atoms with Crippen molar-refractivity contribution in [3.05, 3.63) is 41.3 Å². The van der Waals surface area contributed by atoms with E-state index in [9.17, 15) is 13.2 Å². The number of piperidine rings is 3. The highest BCUT2D eigenvalue weighted by Crippen LogP contribution is 2.31.